The van der Waals surface area contributed by atoms with Gasteiger partial charge in [-0.2, -0.15) is 4.37 Å². The van der Waals surface area contributed by atoms with E-state index in [1.165, 1.54) is 11.5 Å². The molecule has 0 radical (unpaired) electrons. The Kier molecular flexibility index (Phi) is 4.10. The molecule has 2 aromatic carbocycles. The van der Waals surface area contributed by atoms with Crippen molar-refractivity contribution in [3.05, 3.63) is 70.8 Å². The largest absolute Gasteiger partial charge is 0.336 e. The Hall–Kier alpha value is -2.14. The highest BCUT2D eigenvalue weighted by Gasteiger charge is 2.12. The summed E-state index contributed by atoms with van der Waals surface area (Å²) in [5.41, 5.74) is 3.62. The molecule has 2 heterocycles. The van der Waals surface area contributed by atoms with Gasteiger partial charge in [-0.1, -0.05) is 65.7 Å². The van der Waals surface area contributed by atoms with Crippen LogP contribution in [-0.4, -0.2) is 9.36 Å². The van der Waals surface area contributed by atoms with Gasteiger partial charge in [0.2, 0.25) is 0 Å². The molecule has 6 heteroatoms. The van der Waals surface area contributed by atoms with E-state index < -0.39 is 0 Å². The van der Waals surface area contributed by atoms with Gasteiger partial charge in [0.25, 0.3) is 0 Å². The van der Waals surface area contributed by atoms with E-state index in [1.807, 2.05) is 54.6 Å². The number of halogens is 2. The standard InChI is InChI=1S/C18H11Cl2N3S/c19-12-9-15-17(21-10-12)18(23-24-15)22-14-8-4-7-13(16(14)20)11-5-2-1-3-6-11/h1-10H,(H,22,23). The van der Waals surface area contributed by atoms with Gasteiger partial charge >= 0.3 is 0 Å². The lowest BCUT2D eigenvalue weighted by Gasteiger charge is -2.10. The molecule has 0 unspecified atom stereocenters. The maximum atomic E-state index is 6.61. The van der Waals surface area contributed by atoms with Crippen LogP contribution in [0.15, 0.2) is 60.8 Å². The predicted molar refractivity (Wildman–Crippen MR) is 103 cm³/mol. The Labute approximate surface area is 153 Å². The number of pyridine rings is 1. The van der Waals surface area contributed by atoms with Gasteiger partial charge in [0, 0.05) is 11.8 Å². The molecule has 0 saturated carbocycles. The zero-order valence-electron chi connectivity index (χ0n) is 12.3. The SMILES string of the molecule is Clc1cnc2c(Nc3cccc(-c4ccccc4)c3Cl)nsc2c1. The molecule has 0 bridgehead atoms. The van der Waals surface area contributed by atoms with E-state index in [0.29, 0.717) is 15.9 Å². The summed E-state index contributed by atoms with van der Waals surface area (Å²) in [6.45, 7) is 0. The smallest absolute Gasteiger partial charge is 0.170 e. The highest BCUT2D eigenvalue weighted by atomic mass is 35.5. The Morgan fingerprint density at radius 3 is 2.62 bits per heavy atom. The molecule has 0 spiro atoms. The predicted octanol–water partition coefficient (Wildman–Crippen LogP) is 6.41. The highest BCUT2D eigenvalue weighted by Crippen LogP contribution is 2.36. The molecule has 24 heavy (non-hydrogen) atoms. The second-order valence-corrected chi connectivity index (χ2v) is 6.81. The molecular weight excluding hydrogens is 361 g/mol. The maximum Gasteiger partial charge on any atom is 0.170 e. The molecule has 0 aliphatic rings. The van der Waals surface area contributed by atoms with Gasteiger partial charge in [-0.15, -0.1) is 0 Å². The second kappa shape index (κ2) is 6.40. The number of anilines is 2. The number of hydrogen-bond donors (Lipinski definition) is 1. The number of nitrogens with one attached hydrogen (secondary N) is 1. The third-order valence-corrected chi connectivity index (χ3v) is 5.01. The van der Waals surface area contributed by atoms with Crippen molar-refractivity contribution >= 4 is 56.5 Å². The van der Waals surface area contributed by atoms with Gasteiger partial charge in [-0.25, -0.2) is 4.98 Å². The lowest BCUT2D eigenvalue weighted by Crippen LogP contribution is -1.94. The van der Waals surface area contributed by atoms with Crippen LogP contribution in [0.3, 0.4) is 0 Å². The Balaban J connectivity index is 1.75. The average molecular weight is 372 g/mol. The third-order valence-electron chi connectivity index (χ3n) is 3.62. The second-order valence-electron chi connectivity index (χ2n) is 5.19. The minimum atomic E-state index is 0.599. The van der Waals surface area contributed by atoms with E-state index in [9.17, 15) is 0 Å². The molecule has 4 aromatic rings. The quantitative estimate of drug-likeness (QED) is 0.452. The zero-order chi connectivity index (χ0) is 16.5. The van der Waals surface area contributed by atoms with E-state index in [0.717, 1.165) is 27.0 Å². The number of rotatable bonds is 3. The molecule has 0 aliphatic heterocycles. The molecule has 118 valence electrons. The number of hydrogen-bond acceptors (Lipinski definition) is 4. The lowest BCUT2D eigenvalue weighted by molar-refractivity contribution is 1.39. The summed E-state index contributed by atoms with van der Waals surface area (Å²) in [6, 6.07) is 17.8. The van der Waals surface area contributed by atoms with Crippen LogP contribution < -0.4 is 5.32 Å². The van der Waals surface area contributed by atoms with E-state index in [1.54, 1.807) is 6.20 Å². The van der Waals surface area contributed by atoms with Crippen molar-refractivity contribution in [2.24, 2.45) is 0 Å². The molecule has 0 atom stereocenters. The Morgan fingerprint density at radius 1 is 0.958 bits per heavy atom. The highest BCUT2D eigenvalue weighted by molar-refractivity contribution is 7.13. The summed E-state index contributed by atoms with van der Waals surface area (Å²) < 4.78 is 5.36. The van der Waals surface area contributed by atoms with E-state index in [-0.39, 0.29) is 0 Å². The van der Waals surface area contributed by atoms with Crippen LogP contribution in [0.4, 0.5) is 11.5 Å². The molecule has 0 fully saturated rings. The van der Waals surface area contributed by atoms with Gasteiger partial charge in [0.05, 0.1) is 20.4 Å². The first-order chi connectivity index (χ1) is 11.7. The van der Waals surface area contributed by atoms with Gasteiger partial charge in [-0.05, 0) is 29.2 Å². The van der Waals surface area contributed by atoms with Crippen LogP contribution in [0.25, 0.3) is 21.3 Å². The van der Waals surface area contributed by atoms with Crippen molar-refractivity contribution in [2.75, 3.05) is 5.32 Å². The molecule has 0 aliphatic carbocycles. The van der Waals surface area contributed by atoms with E-state index in [4.69, 9.17) is 23.2 Å². The van der Waals surface area contributed by atoms with Gasteiger partial charge < -0.3 is 5.32 Å². The Bertz CT molecular complexity index is 1020. The van der Waals surface area contributed by atoms with Crippen LogP contribution in [0.5, 0.6) is 0 Å². The zero-order valence-corrected chi connectivity index (χ0v) is 14.7. The molecule has 3 nitrogen and oxygen atoms in total. The van der Waals surface area contributed by atoms with Crippen molar-refractivity contribution in [1.82, 2.24) is 9.36 Å². The molecule has 1 N–H and O–H groups in total. The first-order valence-corrected chi connectivity index (χ1v) is 8.77. The topological polar surface area (TPSA) is 37.8 Å². The average Bonchev–Trinajstić information content (AvgIpc) is 2.99. The van der Waals surface area contributed by atoms with Crippen LogP contribution in [0.1, 0.15) is 0 Å². The van der Waals surface area contributed by atoms with Crippen molar-refractivity contribution in [3.63, 3.8) is 0 Å². The first-order valence-electron chi connectivity index (χ1n) is 7.24. The summed E-state index contributed by atoms with van der Waals surface area (Å²) in [6.07, 6.45) is 1.62. The van der Waals surface area contributed by atoms with Crippen LogP contribution in [-0.2, 0) is 0 Å². The Morgan fingerprint density at radius 2 is 1.79 bits per heavy atom. The summed E-state index contributed by atoms with van der Waals surface area (Å²) in [4.78, 5) is 4.36. The van der Waals surface area contributed by atoms with Crippen LogP contribution in [0, 0.1) is 0 Å². The van der Waals surface area contributed by atoms with Crippen molar-refractivity contribution in [3.8, 4) is 11.1 Å². The minimum Gasteiger partial charge on any atom is -0.336 e. The van der Waals surface area contributed by atoms with E-state index in [2.05, 4.69) is 14.7 Å². The molecular formula is C18H11Cl2N3S. The number of benzene rings is 2. The van der Waals surface area contributed by atoms with E-state index >= 15 is 0 Å². The molecule has 0 saturated heterocycles. The fourth-order valence-corrected chi connectivity index (χ4v) is 3.73. The fraction of sp³-hybridized carbons (Fsp3) is 0. The summed E-state index contributed by atoms with van der Waals surface area (Å²) in [5.74, 6) is 0.679. The van der Waals surface area contributed by atoms with Crippen molar-refractivity contribution < 1.29 is 0 Å². The summed E-state index contributed by atoms with van der Waals surface area (Å²) in [7, 11) is 0. The van der Waals surface area contributed by atoms with Gasteiger partial charge in [0.1, 0.15) is 5.52 Å². The van der Waals surface area contributed by atoms with Gasteiger partial charge in [-0.3, -0.25) is 0 Å². The monoisotopic (exact) mass is 371 g/mol. The minimum absolute atomic E-state index is 0.599. The maximum absolute atomic E-state index is 6.61. The number of fused-ring (bicyclic) bond motifs is 1. The molecule has 2 aromatic heterocycles. The molecule has 4 rings (SSSR count). The first kappa shape index (κ1) is 15.4. The number of aromatic nitrogens is 2. The summed E-state index contributed by atoms with van der Waals surface area (Å²) >= 11 is 13.9. The van der Waals surface area contributed by atoms with Crippen LogP contribution in [0.2, 0.25) is 10.0 Å². The normalized spacial score (nSPS) is 10.9. The summed E-state index contributed by atoms with van der Waals surface area (Å²) in [5, 5.41) is 4.54. The third kappa shape index (κ3) is 2.84. The number of nitrogens with zero attached hydrogens (tertiary/aromatic N) is 2. The van der Waals surface area contributed by atoms with Gasteiger partial charge in [0.15, 0.2) is 5.82 Å². The van der Waals surface area contributed by atoms with Crippen molar-refractivity contribution in [1.29, 1.82) is 0 Å². The fourth-order valence-electron chi connectivity index (χ4n) is 2.48. The van der Waals surface area contributed by atoms with Crippen molar-refractivity contribution in [2.45, 2.75) is 0 Å². The molecule has 0 amide bonds. The van der Waals surface area contributed by atoms with Crippen LogP contribution >= 0.6 is 34.7 Å². The lowest BCUT2D eigenvalue weighted by atomic mass is 10.1.